The van der Waals surface area contributed by atoms with Crippen molar-refractivity contribution in [2.75, 3.05) is 19.6 Å². The lowest BCUT2D eigenvalue weighted by atomic mass is 9.94. The van der Waals surface area contributed by atoms with Gasteiger partial charge in [0, 0.05) is 25.2 Å². The average molecular weight is 210 g/mol. The van der Waals surface area contributed by atoms with Crippen LogP contribution in [0.2, 0.25) is 0 Å². The third-order valence-electron chi connectivity index (χ3n) is 4.26. The molecular formula is C12H22N2O. The summed E-state index contributed by atoms with van der Waals surface area (Å²) in [6.07, 6.45) is 6.39. The lowest BCUT2D eigenvalue weighted by Crippen LogP contribution is -2.42. The van der Waals surface area contributed by atoms with Crippen molar-refractivity contribution >= 4 is 0 Å². The van der Waals surface area contributed by atoms with Crippen LogP contribution in [0, 0.1) is 0 Å². The van der Waals surface area contributed by atoms with Crippen LogP contribution in [0.4, 0.5) is 0 Å². The summed E-state index contributed by atoms with van der Waals surface area (Å²) in [4.78, 5) is 2.66. The molecule has 1 N–H and O–H groups in total. The molecule has 4 atom stereocenters. The van der Waals surface area contributed by atoms with Crippen molar-refractivity contribution in [2.24, 2.45) is 0 Å². The van der Waals surface area contributed by atoms with Gasteiger partial charge < -0.3 is 10.1 Å². The van der Waals surface area contributed by atoms with Crippen LogP contribution in [0.5, 0.6) is 0 Å². The van der Waals surface area contributed by atoms with Crippen molar-refractivity contribution in [1.29, 1.82) is 0 Å². The van der Waals surface area contributed by atoms with Gasteiger partial charge in [0.1, 0.15) is 0 Å². The zero-order valence-corrected chi connectivity index (χ0v) is 9.61. The van der Waals surface area contributed by atoms with Crippen molar-refractivity contribution in [1.82, 2.24) is 10.2 Å². The summed E-state index contributed by atoms with van der Waals surface area (Å²) in [6.45, 7) is 5.81. The molecule has 0 aromatic rings. The van der Waals surface area contributed by atoms with Crippen LogP contribution in [-0.2, 0) is 4.74 Å². The van der Waals surface area contributed by atoms with E-state index in [1.807, 2.05) is 0 Å². The van der Waals surface area contributed by atoms with Crippen LogP contribution >= 0.6 is 0 Å². The van der Waals surface area contributed by atoms with E-state index in [9.17, 15) is 0 Å². The van der Waals surface area contributed by atoms with E-state index in [-0.39, 0.29) is 0 Å². The highest BCUT2D eigenvalue weighted by molar-refractivity contribution is 4.98. The number of ether oxygens (including phenoxy) is 1. The van der Waals surface area contributed by atoms with Crippen LogP contribution in [0.3, 0.4) is 0 Å². The minimum absolute atomic E-state index is 0.565. The van der Waals surface area contributed by atoms with E-state index < -0.39 is 0 Å². The maximum absolute atomic E-state index is 5.93. The molecule has 3 heterocycles. The highest BCUT2D eigenvalue weighted by atomic mass is 16.5. The molecule has 0 saturated carbocycles. The highest BCUT2D eigenvalue weighted by Gasteiger charge is 2.44. The number of nitrogens with zero attached hydrogens (tertiary/aromatic N) is 1. The van der Waals surface area contributed by atoms with E-state index in [1.54, 1.807) is 0 Å². The van der Waals surface area contributed by atoms with Gasteiger partial charge in [-0.3, -0.25) is 4.90 Å². The third-order valence-corrected chi connectivity index (χ3v) is 4.26. The van der Waals surface area contributed by atoms with E-state index in [1.165, 1.54) is 38.8 Å². The first-order chi connectivity index (χ1) is 7.36. The van der Waals surface area contributed by atoms with Gasteiger partial charge in [-0.2, -0.15) is 0 Å². The van der Waals surface area contributed by atoms with Gasteiger partial charge in [-0.05, 0) is 32.2 Å². The molecule has 3 heteroatoms. The summed E-state index contributed by atoms with van der Waals surface area (Å²) in [5.41, 5.74) is 0. The minimum atomic E-state index is 0.565. The van der Waals surface area contributed by atoms with Crippen LogP contribution in [0.1, 0.15) is 32.6 Å². The molecule has 3 nitrogen and oxygen atoms in total. The number of nitrogens with one attached hydrogen (secondary N) is 1. The van der Waals surface area contributed by atoms with Gasteiger partial charge in [-0.15, -0.1) is 0 Å². The maximum Gasteiger partial charge on any atom is 0.0735 e. The quantitative estimate of drug-likeness (QED) is 0.752. The van der Waals surface area contributed by atoms with Gasteiger partial charge in [0.2, 0.25) is 0 Å². The minimum Gasteiger partial charge on any atom is -0.373 e. The van der Waals surface area contributed by atoms with Crippen molar-refractivity contribution in [2.45, 2.75) is 56.9 Å². The molecular weight excluding hydrogens is 188 g/mol. The molecule has 2 bridgehead atoms. The Bertz CT molecular complexity index is 234. The summed E-state index contributed by atoms with van der Waals surface area (Å²) in [6, 6.07) is 1.47. The molecule has 3 aliphatic heterocycles. The number of rotatable bonds is 3. The van der Waals surface area contributed by atoms with Gasteiger partial charge >= 0.3 is 0 Å². The second-order valence-electron chi connectivity index (χ2n) is 5.22. The third kappa shape index (κ3) is 1.81. The Kier molecular flexibility index (Phi) is 2.71. The van der Waals surface area contributed by atoms with Gasteiger partial charge in [0.05, 0.1) is 12.2 Å². The summed E-state index contributed by atoms with van der Waals surface area (Å²) in [7, 11) is 0. The molecule has 3 aliphatic rings. The summed E-state index contributed by atoms with van der Waals surface area (Å²) < 4.78 is 5.93. The summed E-state index contributed by atoms with van der Waals surface area (Å²) >= 11 is 0. The predicted molar refractivity (Wildman–Crippen MR) is 60.0 cm³/mol. The van der Waals surface area contributed by atoms with Crippen LogP contribution in [0.25, 0.3) is 0 Å². The second kappa shape index (κ2) is 4.04. The topological polar surface area (TPSA) is 24.5 Å². The predicted octanol–water partition coefficient (Wildman–Crippen LogP) is 0.990. The molecule has 3 saturated heterocycles. The Morgan fingerprint density at radius 1 is 1.33 bits per heavy atom. The normalized spacial score (nSPS) is 45.4. The first-order valence-electron chi connectivity index (χ1n) is 6.49. The van der Waals surface area contributed by atoms with Crippen LogP contribution in [0.15, 0.2) is 0 Å². The molecule has 86 valence electrons. The monoisotopic (exact) mass is 210 g/mol. The fourth-order valence-corrected chi connectivity index (χ4v) is 3.54. The Morgan fingerprint density at radius 3 is 2.93 bits per heavy atom. The molecule has 0 aromatic carbocycles. The van der Waals surface area contributed by atoms with Gasteiger partial charge in [-0.1, -0.05) is 6.92 Å². The standard InChI is InChI=1S/C12H22N2O/c1-2-13-9-5-6-14(8-9)11-7-10-3-4-12(11)15-10/h9-13H,2-8H2,1H3. The SMILES string of the molecule is CCNC1CCN(C2CC3CCC2O3)C1. The van der Waals surface area contributed by atoms with Gasteiger partial charge in [0.25, 0.3) is 0 Å². The van der Waals surface area contributed by atoms with Crippen molar-refractivity contribution in [3.8, 4) is 0 Å². The molecule has 0 aromatic heterocycles. The van der Waals surface area contributed by atoms with E-state index in [0.717, 1.165) is 18.6 Å². The van der Waals surface area contributed by atoms with E-state index in [2.05, 4.69) is 17.1 Å². The first kappa shape index (κ1) is 10.1. The number of likely N-dealkylation sites (tertiary alicyclic amines) is 1. The maximum atomic E-state index is 5.93. The zero-order chi connectivity index (χ0) is 10.3. The van der Waals surface area contributed by atoms with Gasteiger partial charge in [0.15, 0.2) is 0 Å². The van der Waals surface area contributed by atoms with Gasteiger partial charge in [-0.25, -0.2) is 0 Å². The van der Waals surface area contributed by atoms with E-state index in [0.29, 0.717) is 12.2 Å². The first-order valence-corrected chi connectivity index (χ1v) is 6.49. The van der Waals surface area contributed by atoms with Crippen molar-refractivity contribution < 1.29 is 4.74 Å². The number of fused-ring (bicyclic) bond motifs is 2. The number of hydrogen-bond acceptors (Lipinski definition) is 3. The largest absolute Gasteiger partial charge is 0.373 e. The Balaban J connectivity index is 1.56. The summed E-state index contributed by atoms with van der Waals surface area (Å²) in [5, 5.41) is 3.56. The fourth-order valence-electron chi connectivity index (χ4n) is 3.54. The Labute approximate surface area is 92.2 Å². The van der Waals surface area contributed by atoms with Crippen molar-refractivity contribution in [3.63, 3.8) is 0 Å². The van der Waals surface area contributed by atoms with E-state index in [4.69, 9.17) is 4.74 Å². The van der Waals surface area contributed by atoms with Crippen LogP contribution in [-0.4, -0.2) is 48.8 Å². The molecule has 4 unspecified atom stereocenters. The van der Waals surface area contributed by atoms with Crippen LogP contribution < -0.4 is 5.32 Å². The Hall–Kier alpha value is -0.120. The average Bonchev–Trinajstić information content (AvgIpc) is 2.91. The molecule has 0 aliphatic carbocycles. The molecule has 0 amide bonds. The molecule has 15 heavy (non-hydrogen) atoms. The molecule has 0 spiro atoms. The number of hydrogen-bond donors (Lipinski definition) is 1. The lowest BCUT2D eigenvalue weighted by Gasteiger charge is -2.29. The van der Waals surface area contributed by atoms with Crippen molar-refractivity contribution in [3.05, 3.63) is 0 Å². The molecule has 3 fully saturated rings. The Morgan fingerprint density at radius 2 is 2.27 bits per heavy atom. The molecule has 0 radical (unpaired) electrons. The lowest BCUT2D eigenvalue weighted by molar-refractivity contribution is 0.0764. The second-order valence-corrected chi connectivity index (χ2v) is 5.22. The molecule has 3 rings (SSSR count). The van der Waals surface area contributed by atoms with E-state index >= 15 is 0 Å². The smallest absolute Gasteiger partial charge is 0.0735 e. The highest BCUT2D eigenvalue weighted by Crippen LogP contribution is 2.38. The fraction of sp³-hybridized carbons (Fsp3) is 1.00. The number of likely N-dealkylation sites (N-methyl/N-ethyl adjacent to an activating group) is 1. The zero-order valence-electron chi connectivity index (χ0n) is 9.61. The summed E-state index contributed by atoms with van der Waals surface area (Å²) in [5.74, 6) is 0.